The van der Waals surface area contributed by atoms with E-state index in [2.05, 4.69) is 20.3 Å². The third-order valence-electron chi connectivity index (χ3n) is 2.88. The van der Waals surface area contributed by atoms with E-state index in [0.717, 1.165) is 28.1 Å². The molecule has 0 aliphatic heterocycles. The Morgan fingerprint density at radius 1 is 1.21 bits per heavy atom. The molecule has 0 spiro atoms. The number of aromatic amines is 2. The summed E-state index contributed by atoms with van der Waals surface area (Å²) in [5.74, 6) is 0.742. The minimum absolute atomic E-state index is 0.214. The van der Waals surface area contributed by atoms with Crippen LogP contribution in [0.3, 0.4) is 0 Å². The molecule has 2 aromatic heterocycles. The molecule has 5 N–H and O–H groups in total. The molecule has 19 heavy (non-hydrogen) atoms. The SMILES string of the molecule is Cc1cc(N)cnc1Nc1ccc2[nH]c(=O)[nH]c2c1. The second-order valence-corrected chi connectivity index (χ2v) is 4.40. The molecule has 0 atom stereocenters. The Balaban J connectivity index is 1.98. The molecule has 0 bridgehead atoms. The van der Waals surface area contributed by atoms with Crippen LogP contribution in [-0.2, 0) is 0 Å². The highest BCUT2D eigenvalue weighted by Crippen LogP contribution is 2.21. The van der Waals surface area contributed by atoms with Gasteiger partial charge in [-0.1, -0.05) is 0 Å². The number of imidazole rings is 1. The second-order valence-electron chi connectivity index (χ2n) is 4.40. The lowest BCUT2D eigenvalue weighted by atomic mass is 10.2. The highest BCUT2D eigenvalue weighted by atomic mass is 16.1. The number of pyridine rings is 1. The predicted molar refractivity (Wildman–Crippen MR) is 75.6 cm³/mol. The maximum Gasteiger partial charge on any atom is 0.323 e. The summed E-state index contributed by atoms with van der Waals surface area (Å²) >= 11 is 0. The van der Waals surface area contributed by atoms with Gasteiger partial charge in [0.2, 0.25) is 0 Å². The van der Waals surface area contributed by atoms with Crippen LogP contribution in [0.4, 0.5) is 17.2 Å². The maximum atomic E-state index is 11.2. The molecule has 0 aliphatic rings. The quantitative estimate of drug-likeness (QED) is 0.561. The average Bonchev–Trinajstić information content (AvgIpc) is 2.72. The molecule has 2 heterocycles. The zero-order chi connectivity index (χ0) is 13.4. The van der Waals surface area contributed by atoms with Crippen molar-refractivity contribution in [3.05, 3.63) is 46.5 Å². The molecule has 0 saturated carbocycles. The summed E-state index contributed by atoms with van der Waals surface area (Å²) in [6, 6.07) is 7.42. The number of aryl methyl sites for hydroxylation is 1. The summed E-state index contributed by atoms with van der Waals surface area (Å²) in [7, 11) is 0. The van der Waals surface area contributed by atoms with Crippen molar-refractivity contribution in [1.82, 2.24) is 15.0 Å². The molecule has 0 radical (unpaired) electrons. The molecule has 6 heteroatoms. The van der Waals surface area contributed by atoms with Gasteiger partial charge in [-0.25, -0.2) is 9.78 Å². The first-order valence-electron chi connectivity index (χ1n) is 5.83. The lowest BCUT2D eigenvalue weighted by molar-refractivity contribution is 1.21. The first-order chi connectivity index (χ1) is 9.11. The zero-order valence-corrected chi connectivity index (χ0v) is 10.3. The lowest BCUT2D eigenvalue weighted by Crippen LogP contribution is -1.99. The van der Waals surface area contributed by atoms with E-state index in [1.54, 1.807) is 6.20 Å². The molecule has 0 aliphatic carbocycles. The first-order valence-corrected chi connectivity index (χ1v) is 5.83. The van der Waals surface area contributed by atoms with Gasteiger partial charge in [0.15, 0.2) is 0 Å². The second kappa shape index (κ2) is 4.16. The molecule has 0 fully saturated rings. The monoisotopic (exact) mass is 255 g/mol. The maximum absolute atomic E-state index is 11.2. The summed E-state index contributed by atoms with van der Waals surface area (Å²) in [6.07, 6.45) is 1.60. The fraction of sp³-hybridized carbons (Fsp3) is 0.0769. The van der Waals surface area contributed by atoms with Gasteiger partial charge in [0.25, 0.3) is 0 Å². The van der Waals surface area contributed by atoms with Crippen molar-refractivity contribution < 1.29 is 0 Å². The van der Waals surface area contributed by atoms with E-state index in [1.807, 2.05) is 31.2 Å². The zero-order valence-electron chi connectivity index (χ0n) is 10.3. The third-order valence-corrected chi connectivity index (χ3v) is 2.88. The number of rotatable bonds is 2. The summed E-state index contributed by atoms with van der Waals surface area (Å²) < 4.78 is 0. The van der Waals surface area contributed by atoms with Gasteiger partial charge in [-0.15, -0.1) is 0 Å². The number of benzene rings is 1. The third kappa shape index (κ3) is 2.15. The fourth-order valence-electron chi connectivity index (χ4n) is 1.97. The molecule has 3 rings (SSSR count). The Kier molecular flexibility index (Phi) is 2.49. The number of H-pyrrole nitrogens is 2. The van der Waals surface area contributed by atoms with Gasteiger partial charge in [-0.2, -0.15) is 0 Å². The Morgan fingerprint density at radius 2 is 2.00 bits per heavy atom. The van der Waals surface area contributed by atoms with Gasteiger partial charge in [-0.3, -0.25) is 0 Å². The number of nitrogen functional groups attached to an aromatic ring is 1. The smallest absolute Gasteiger partial charge is 0.323 e. The van der Waals surface area contributed by atoms with Crippen LogP contribution >= 0.6 is 0 Å². The Morgan fingerprint density at radius 3 is 2.79 bits per heavy atom. The van der Waals surface area contributed by atoms with Crippen molar-refractivity contribution in [2.75, 3.05) is 11.1 Å². The number of hydrogen-bond donors (Lipinski definition) is 4. The van der Waals surface area contributed by atoms with Crippen LogP contribution in [0.15, 0.2) is 35.3 Å². The van der Waals surface area contributed by atoms with E-state index < -0.39 is 0 Å². The first kappa shape index (κ1) is 11.3. The molecule has 6 nitrogen and oxygen atoms in total. The van der Waals surface area contributed by atoms with Crippen LogP contribution in [0.1, 0.15) is 5.56 Å². The summed E-state index contributed by atoms with van der Waals surface area (Å²) in [5, 5.41) is 3.20. The van der Waals surface area contributed by atoms with E-state index in [4.69, 9.17) is 5.73 Å². The Bertz CT molecular complexity index is 802. The molecular weight excluding hydrogens is 242 g/mol. The Hall–Kier alpha value is -2.76. The van der Waals surface area contributed by atoms with Crippen LogP contribution in [0.2, 0.25) is 0 Å². The molecular formula is C13H13N5O. The molecule has 96 valence electrons. The summed E-state index contributed by atoms with van der Waals surface area (Å²) in [5.41, 5.74) is 9.42. The molecule has 0 unspecified atom stereocenters. The lowest BCUT2D eigenvalue weighted by Gasteiger charge is -2.08. The van der Waals surface area contributed by atoms with Gasteiger partial charge in [-0.05, 0) is 36.8 Å². The average molecular weight is 255 g/mol. The largest absolute Gasteiger partial charge is 0.397 e. The van der Waals surface area contributed by atoms with E-state index in [1.165, 1.54) is 0 Å². The van der Waals surface area contributed by atoms with Crippen molar-refractivity contribution in [3.8, 4) is 0 Å². The van der Waals surface area contributed by atoms with Crippen LogP contribution in [0.25, 0.3) is 11.0 Å². The number of hydrogen-bond acceptors (Lipinski definition) is 4. The molecule has 0 saturated heterocycles. The fourth-order valence-corrected chi connectivity index (χ4v) is 1.97. The van der Waals surface area contributed by atoms with E-state index in [-0.39, 0.29) is 5.69 Å². The molecule has 1 aromatic carbocycles. The predicted octanol–water partition coefficient (Wildman–Crippen LogP) is 1.89. The van der Waals surface area contributed by atoms with Crippen molar-refractivity contribution in [2.45, 2.75) is 6.92 Å². The van der Waals surface area contributed by atoms with E-state index >= 15 is 0 Å². The normalized spacial score (nSPS) is 10.8. The standard InChI is InChI=1S/C13H13N5O/c1-7-4-8(14)6-15-12(7)16-9-2-3-10-11(5-9)18-13(19)17-10/h2-6H,14H2,1H3,(H,15,16)(H2,17,18,19). The number of fused-ring (bicyclic) bond motifs is 1. The van der Waals surface area contributed by atoms with Crippen LogP contribution in [0.5, 0.6) is 0 Å². The van der Waals surface area contributed by atoms with Crippen LogP contribution < -0.4 is 16.7 Å². The Labute approximate surface area is 108 Å². The van der Waals surface area contributed by atoms with Gasteiger partial charge in [0, 0.05) is 5.69 Å². The highest BCUT2D eigenvalue weighted by Gasteiger charge is 2.03. The number of nitrogens with zero attached hydrogens (tertiary/aromatic N) is 1. The van der Waals surface area contributed by atoms with E-state index in [0.29, 0.717) is 5.69 Å². The van der Waals surface area contributed by atoms with Crippen molar-refractivity contribution in [3.63, 3.8) is 0 Å². The van der Waals surface area contributed by atoms with Crippen molar-refractivity contribution in [2.24, 2.45) is 0 Å². The summed E-state index contributed by atoms with van der Waals surface area (Å²) in [6.45, 7) is 1.93. The van der Waals surface area contributed by atoms with Crippen molar-refractivity contribution >= 4 is 28.2 Å². The van der Waals surface area contributed by atoms with Gasteiger partial charge >= 0.3 is 5.69 Å². The number of nitrogens with one attached hydrogen (secondary N) is 3. The molecule has 0 amide bonds. The van der Waals surface area contributed by atoms with Gasteiger partial charge in [0.05, 0.1) is 22.9 Å². The van der Waals surface area contributed by atoms with Crippen LogP contribution in [0, 0.1) is 6.92 Å². The van der Waals surface area contributed by atoms with E-state index in [9.17, 15) is 4.79 Å². The topological polar surface area (TPSA) is 99.6 Å². The van der Waals surface area contributed by atoms with Crippen molar-refractivity contribution in [1.29, 1.82) is 0 Å². The van der Waals surface area contributed by atoms with Gasteiger partial charge in [0.1, 0.15) is 5.82 Å². The minimum Gasteiger partial charge on any atom is -0.397 e. The molecule has 3 aromatic rings. The summed E-state index contributed by atoms with van der Waals surface area (Å²) in [4.78, 5) is 20.8. The van der Waals surface area contributed by atoms with Gasteiger partial charge < -0.3 is 21.0 Å². The highest BCUT2D eigenvalue weighted by molar-refractivity contribution is 5.80. The number of aromatic nitrogens is 3. The number of nitrogens with two attached hydrogens (primary N) is 1. The van der Waals surface area contributed by atoms with Crippen LogP contribution in [-0.4, -0.2) is 15.0 Å². The number of anilines is 3. The minimum atomic E-state index is -0.214.